The highest BCUT2D eigenvalue weighted by molar-refractivity contribution is 5.49. The van der Waals surface area contributed by atoms with E-state index in [0.717, 1.165) is 0 Å². The third-order valence-electron chi connectivity index (χ3n) is 1.06. The van der Waals surface area contributed by atoms with Crippen molar-refractivity contribution >= 4 is 5.82 Å². The third kappa shape index (κ3) is 1.04. The lowest BCUT2D eigenvalue weighted by atomic mass is 10.3. The normalized spacial score (nSPS) is 8.40. The van der Waals surface area contributed by atoms with Gasteiger partial charge in [-0.2, -0.15) is 5.26 Å². The first-order valence-electron chi connectivity index (χ1n) is 2.70. The van der Waals surface area contributed by atoms with E-state index in [4.69, 9.17) is 11.1 Å². The molecule has 0 fully saturated rings. The SMILES string of the molecule is N#Cc1cccnc1NN. The molecule has 1 aromatic heterocycles. The molecule has 3 N–H and O–H groups in total. The van der Waals surface area contributed by atoms with Gasteiger partial charge in [0.2, 0.25) is 0 Å². The Morgan fingerprint density at radius 3 is 3.00 bits per heavy atom. The summed E-state index contributed by atoms with van der Waals surface area (Å²) in [6.45, 7) is 0. The van der Waals surface area contributed by atoms with Crippen LogP contribution in [0.3, 0.4) is 0 Å². The van der Waals surface area contributed by atoms with E-state index in [-0.39, 0.29) is 0 Å². The summed E-state index contributed by atoms with van der Waals surface area (Å²) in [4.78, 5) is 3.81. The minimum absolute atomic E-state index is 0.407. The summed E-state index contributed by atoms with van der Waals surface area (Å²) in [5.41, 5.74) is 2.76. The zero-order valence-corrected chi connectivity index (χ0v) is 5.20. The van der Waals surface area contributed by atoms with Crippen LogP contribution in [0.15, 0.2) is 18.3 Å². The predicted molar refractivity (Wildman–Crippen MR) is 36.8 cm³/mol. The van der Waals surface area contributed by atoms with Gasteiger partial charge in [-0.1, -0.05) is 0 Å². The van der Waals surface area contributed by atoms with E-state index in [9.17, 15) is 0 Å². The van der Waals surface area contributed by atoms with Crippen molar-refractivity contribution in [2.45, 2.75) is 0 Å². The van der Waals surface area contributed by atoms with Crippen LogP contribution in [0, 0.1) is 11.3 Å². The van der Waals surface area contributed by atoms with Gasteiger partial charge in [-0.15, -0.1) is 0 Å². The van der Waals surface area contributed by atoms with E-state index >= 15 is 0 Å². The lowest BCUT2D eigenvalue weighted by molar-refractivity contribution is 1.21. The second-order valence-electron chi connectivity index (χ2n) is 1.66. The smallest absolute Gasteiger partial charge is 0.157 e. The highest BCUT2D eigenvalue weighted by Crippen LogP contribution is 2.06. The van der Waals surface area contributed by atoms with Crippen LogP contribution < -0.4 is 11.3 Å². The molecule has 0 amide bonds. The predicted octanol–water partition coefficient (Wildman–Crippen LogP) is 0.239. The fourth-order valence-electron chi connectivity index (χ4n) is 0.611. The summed E-state index contributed by atoms with van der Waals surface area (Å²) in [6, 6.07) is 5.26. The molecule has 0 unspecified atom stereocenters. The number of hydrazine groups is 1. The number of hydrogen-bond acceptors (Lipinski definition) is 4. The first kappa shape index (κ1) is 6.52. The highest BCUT2D eigenvalue weighted by atomic mass is 15.2. The van der Waals surface area contributed by atoms with Crippen LogP contribution in [-0.4, -0.2) is 4.98 Å². The number of anilines is 1. The van der Waals surface area contributed by atoms with E-state index < -0.39 is 0 Å². The summed E-state index contributed by atoms with van der Waals surface area (Å²) in [7, 11) is 0. The van der Waals surface area contributed by atoms with Gasteiger partial charge in [0, 0.05) is 6.20 Å². The molecule has 0 spiro atoms. The molecule has 1 rings (SSSR count). The van der Waals surface area contributed by atoms with Gasteiger partial charge in [0.1, 0.15) is 6.07 Å². The Morgan fingerprint density at radius 2 is 2.50 bits per heavy atom. The number of nitrogen functional groups attached to an aromatic ring is 1. The number of pyridine rings is 1. The molecule has 0 bridgehead atoms. The van der Waals surface area contributed by atoms with Gasteiger partial charge in [0.05, 0.1) is 5.56 Å². The third-order valence-corrected chi connectivity index (χ3v) is 1.06. The first-order chi connectivity index (χ1) is 4.88. The summed E-state index contributed by atoms with van der Waals surface area (Å²) in [6.07, 6.45) is 1.57. The van der Waals surface area contributed by atoms with Crippen molar-refractivity contribution in [1.82, 2.24) is 4.98 Å². The molecule has 1 aromatic rings. The number of nitriles is 1. The molecule has 0 aliphatic rings. The minimum Gasteiger partial charge on any atom is -0.307 e. The van der Waals surface area contributed by atoms with Crippen molar-refractivity contribution in [2.24, 2.45) is 5.84 Å². The minimum atomic E-state index is 0.407. The van der Waals surface area contributed by atoms with Gasteiger partial charge in [-0.3, -0.25) is 0 Å². The van der Waals surface area contributed by atoms with Crippen LogP contribution >= 0.6 is 0 Å². The van der Waals surface area contributed by atoms with E-state index in [1.54, 1.807) is 18.3 Å². The second-order valence-corrected chi connectivity index (χ2v) is 1.66. The summed E-state index contributed by atoms with van der Waals surface area (Å²) >= 11 is 0. The number of nitrogens with two attached hydrogens (primary N) is 1. The lowest BCUT2D eigenvalue weighted by Gasteiger charge is -1.97. The molecule has 10 heavy (non-hydrogen) atoms. The van der Waals surface area contributed by atoms with Gasteiger partial charge >= 0.3 is 0 Å². The van der Waals surface area contributed by atoms with Crippen molar-refractivity contribution in [3.8, 4) is 6.07 Å². The fraction of sp³-hybridized carbons (Fsp3) is 0. The van der Waals surface area contributed by atoms with Gasteiger partial charge in [0.15, 0.2) is 5.82 Å². The maximum absolute atomic E-state index is 8.46. The lowest BCUT2D eigenvalue weighted by Crippen LogP contribution is -2.09. The molecular weight excluding hydrogens is 128 g/mol. The van der Waals surface area contributed by atoms with Crippen molar-refractivity contribution < 1.29 is 0 Å². The van der Waals surface area contributed by atoms with Gasteiger partial charge in [0.25, 0.3) is 0 Å². The van der Waals surface area contributed by atoms with Crippen LogP contribution in [0.1, 0.15) is 5.56 Å². The Kier molecular flexibility index (Phi) is 1.83. The second kappa shape index (κ2) is 2.80. The monoisotopic (exact) mass is 134 g/mol. The summed E-state index contributed by atoms with van der Waals surface area (Å²) < 4.78 is 0. The molecule has 50 valence electrons. The number of nitrogens with one attached hydrogen (secondary N) is 1. The molecule has 0 aliphatic carbocycles. The van der Waals surface area contributed by atoms with E-state index in [0.29, 0.717) is 11.4 Å². The van der Waals surface area contributed by atoms with Crippen LogP contribution in [0.5, 0.6) is 0 Å². The molecule has 0 saturated heterocycles. The molecule has 4 nitrogen and oxygen atoms in total. The topological polar surface area (TPSA) is 74.7 Å². The molecule has 0 aliphatic heterocycles. The van der Waals surface area contributed by atoms with Gasteiger partial charge in [-0.25, -0.2) is 10.8 Å². The molecular formula is C6H6N4. The zero-order valence-electron chi connectivity index (χ0n) is 5.20. The molecule has 0 atom stereocenters. The van der Waals surface area contributed by atoms with Crippen molar-refractivity contribution in [3.63, 3.8) is 0 Å². The average Bonchev–Trinajstić information content (AvgIpc) is 2.04. The highest BCUT2D eigenvalue weighted by Gasteiger charge is 1.96. The van der Waals surface area contributed by atoms with Gasteiger partial charge in [-0.05, 0) is 12.1 Å². The number of rotatable bonds is 1. The van der Waals surface area contributed by atoms with Crippen LogP contribution in [0.2, 0.25) is 0 Å². The van der Waals surface area contributed by atoms with Crippen molar-refractivity contribution in [3.05, 3.63) is 23.9 Å². The Labute approximate surface area is 58.3 Å². The number of aromatic nitrogens is 1. The summed E-state index contributed by atoms with van der Waals surface area (Å²) in [5, 5.41) is 8.46. The largest absolute Gasteiger partial charge is 0.307 e. The Balaban J connectivity index is 3.12. The van der Waals surface area contributed by atoms with Crippen LogP contribution in [0.4, 0.5) is 5.82 Å². The van der Waals surface area contributed by atoms with E-state index in [1.165, 1.54) is 0 Å². The first-order valence-corrected chi connectivity index (χ1v) is 2.70. The maximum atomic E-state index is 8.46. The van der Waals surface area contributed by atoms with Crippen molar-refractivity contribution in [1.29, 1.82) is 5.26 Å². The van der Waals surface area contributed by atoms with Crippen LogP contribution in [0.25, 0.3) is 0 Å². The average molecular weight is 134 g/mol. The summed E-state index contributed by atoms with van der Waals surface area (Å²) in [5.74, 6) is 5.47. The zero-order chi connectivity index (χ0) is 7.40. The molecule has 1 heterocycles. The standard InChI is InChI=1S/C6H6N4/c7-4-5-2-1-3-9-6(5)10-8/h1-3H,8H2,(H,9,10). The maximum Gasteiger partial charge on any atom is 0.157 e. The van der Waals surface area contributed by atoms with Crippen molar-refractivity contribution in [2.75, 3.05) is 5.43 Å². The molecule has 0 aromatic carbocycles. The van der Waals surface area contributed by atoms with E-state index in [2.05, 4.69) is 10.4 Å². The van der Waals surface area contributed by atoms with Gasteiger partial charge < -0.3 is 5.43 Å². The number of nitrogens with zero attached hydrogens (tertiary/aromatic N) is 2. The number of hydrogen-bond donors (Lipinski definition) is 2. The molecule has 0 saturated carbocycles. The molecule has 0 radical (unpaired) electrons. The fourth-order valence-corrected chi connectivity index (χ4v) is 0.611. The Bertz CT molecular complexity index is 263. The Hall–Kier alpha value is -1.60. The molecule has 4 heteroatoms. The van der Waals surface area contributed by atoms with E-state index in [1.807, 2.05) is 6.07 Å². The van der Waals surface area contributed by atoms with Crippen LogP contribution in [-0.2, 0) is 0 Å². The Morgan fingerprint density at radius 1 is 1.70 bits per heavy atom. The quantitative estimate of drug-likeness (QED) is 0.426.